The molecule has 1 aliphatic heterocycles. The fourth-order valence-corrected chi connectivity index (χ4v) is 3.64. The Bertz CT molecular complexity index is 380. The predicted molar refractivity (Wildman–Crippen MR) is 71.2 cm³/mol. The molecule has 1 heterocycles. The van der Waals surface area contributed by atoms with Crippen molar-refractivity contribution in [1.29, 1.82) is 0 Å². The third kappa shape index (κ3) is 3.60. The van der Waals surface area contributed by atoms with Gasteiger partial charge >= 0.3 is 0 Å². The summed E-state index contributed by atoms with van der Waals surface area (Å²) in [4.78, 5) is 0. The molecule has 0 radical (unpaired) electrons. The maximum absolute atomic E-state index is 13.0. The number of benzene rings is 1. The Morgan fingerprint density at radius 3 is 2.94 bits per heavy atom. The van der Waals surface area contributed by atoms with E-state index in [4.69, 9.17) is 11.6 Å². The first-order chi connectivity index (χ1) is 8.16. The van der Waals surface area contributed by atoms with E-state index in [0.29, 0.717) is 11.7 Å². The van der Waals surface area contributed by atoms with Gasteiger partial charge in [-0.1, -0.05) is 24.1 Å². The van der Waals surface area contributed by atoms with Gasteiger partial charge in [0.25, 0.3) is 0 Å². The highest BCUT2D eigenvalue weighted by Gasteiger charge is 2.22. The van der Waals surface area contributed by atoms with Gasteiger partial charge in [-0.05, 0) is 42.7 Å². The number of hydrogen-bond acceptors (Lipinski definition) is 2. The van der Waals surface area contributed by atoms with Crippen LogP contribution in [0.4, 0.5) is 4.39 Å². The molecule has 0 amide bonds. The summed E-state index contributed by atoms with van der Waals surface area (Å²) < 4.78 is 13.0. The van der Waals surface area contributed by atoms with Crippen molar-refractivity contribution in [1.82, 2.24) is 0 Å². The predicted octanol–water partition coefficient (Wildman–Crippen LogP) is 3.67. The Balaban J connectivity index is 1.96. The van der Waals surface area contributed by atoms with E-state index in [0.717, 1.165) is 17.7 Å². The molecule has 0 aliphatic carbocycles. The van der Waals surface area contributed by atoms with Crippen molar-refractivity contribution in [2.24, 2.45) is 0 Å². The molecule has 1 aromatic carbocycles. The van der Waals surface area contributed by atoms with Gasteiger partial charge < -0.3 is 5.11 Å². The first kappa shape index (κ1) is 13.2. The van der Waals surface area contributed by atoms with E-state index >= 15 is 0 Å². The molecule has 1 N–H and O–H groups in total. The standard InChI is InChI=1S/C13H16ClFOS/c14-10-7-9(4-5-11(10)15)8-12(16)13-3-1-2-6-17-13/h4-5,7,12-13,16H,1-3,6,8H2. The quantitative estimate of drug-likeness (QED) is 0.908. The Hall–Kier alpha value is -0.250. The first-order valence-corrected chi connectivity index (χ1v) is 7.33. The Morgan fingerprint density at radius 2 is 2.29 bits per heavy atom. The zero-order chi connectivity index (χ0) is 12.3. The van der Waals surface area contributed by atoms with Crippen molar-refractivity contribution in [3.05, 3.63) is 34.6 Å². The van der Waals surface area contributed by atoms with Crippen molar-refractivity contribution in [3.63, 3.8) is 0 Å². The summed E-state index contributed by atoms with van der Waals surface area (Å²) in [5.41, 5.74) is 0.898. The fourth-order valence-electron chi connectivity index (χ4n) is 2.11. The van der Waals surface area contributed by atoms with Gasteiger partial charge in [-0.25, -0.2) is 4.39 Å². The van der Waals surface area contributed by atoms with E-state index in [2.05, 4.69) is 0 Å². The molecule has 0 spiro atoms. The molecule has 1 aliphatic rings. The fraction of sp³-hybridized carbons (Fsp3) is 0.538. The van der Waals surface area contributed by atoms with Crippen molar-refractivity contribution in [2.45, 2.75) is 37.0 Å². The van der Waals surface area contributed by atoms with Crippen LogP contribution in [0.3, 0.4) is 0 Å². The van der Waals surface area contributed by atoms with Gasteiger partial charge in [0.15, 0.2) is 0 Å². The van der Waals surface area contributed by atoms with Crippen molar-refractivity contribution < 1.29 is 9.50 Å². The van der Waals surface area contributed by atoms with Crippen molar-refractivity contribution in [2.75, 3.05) is 5.75 Å². The minimum absolute atomic E-state index is 0.131. The minimum atomic E-state index is -0.406. The number of halogens is 2. The summed E-state index contributed by atoms with van der Waals surface area (Å²) in [6.45, 7) is 0. The summed E-state index contributed by atoms with van der Waals surface area (Å²) in [6, 6.07) is 4.66. The maximum Gasteiger partial charge on any atom is 0.141 e. The maximum atomic E-state index is 13.0. The van der Waals surface area contributed by atoms with Crippen LogP contribution < -0.4 is 0 Å². The second kappa shape index (κ2) is 6.07. The van der Waals surface area contributed by atoms with Crippen LogP contribution in [0, 0.1) is 5.82 Å². The summed E-state index contributed by atoms with van der Waals surface area (Å²) in [5.74, 6) is 0.725. The van der Waals surface area contributed by atoms with Gasteiger partial charge in [-0.15, -0.1) is 0 Å². The third-order valence-electron chi connectivity index (χ3n) is 3.07. The van der Waals surface area contributed by atoms with Gasteiger partial charge in [0.1, 0.15) is 5.82 Å². The summed E-state index contributed by atoms with van der Waals surface area (Å²) in [7, 11) is 0. The molecular weight excluding hydrogens is 259 g/mol. The highest BCUT2D eigenvalue weighted by Crippen LogP contribution is 2.29. The molecule has 94 valence electrons. The SMILES string of the molecule is OC(Cc1ccc(F)c(Cl)c1)C1CCCCS1. The minimum Gasteiger partial charge on any atom is -0.392 e. The van der Waals surface area contributed by atoms with Crippen LogP contribution in [0.15, 0.2) is 18.2 Å². The van der Waals surface area contributed by atoms with Crippen LogP contribution in [0.25, 0.3) is 0 Å². The van der Waals surface area contributed by atoms with Crippen molar-refractivity contribution in [3.8, 4) is 0 Å². The molecule has 1 aromatic rings. The number of thioether (sulfide) groups is 1. The number of aliphatic hydroxyl groups is 1. The van der Waals surface area contributed by atoms with Crippen molar-refractivity contribution >= 4 is 23.4 Å². The van der Waals surface area contributed by atoms with Gasteiger partial charge in [-0.2, -0.15) is 11.8 Å². The van der Waals surface area contributed by atoms with Gasteiger partial charge in [-0.3, -0.25) is 0 Å². The molecule has 1 nitrogen and oxygen atoms in total. The normalized spacial score (nSPS) is 22.4. The molecule has 2 rings (SSSR count). The average molecular weight is 275 g/mol. The monoisotopic (exact) mass is 274 g/mol. The van der Waals surface area contributed by atoms with E-state index < -0.39 is 5.82 Å². The summed E-state index contributed by atoms with van der Waals surface area (Å²) in [5, 5.41) is 10.6. The number of aliphatic hydroxyl groups excluding tert-OH is 1. The van der Waals surface area contributed by atoms with Crippen LogP contribution in [0.2, 0.25) is 5.02 Å². The summed E-state index contributed by atoms with van der Waals surface area (Å²) in [6.07, 6.45) is 3.70. The van der Waals surface area contributed by atoms with Gasteiger partial charge in [0.05, 0.1) is 11.1 Å². The second-order valence-electron chi connectivity index (χ2n) is 4.42. The van der Waals surface area contributed by atoms with E-state index in [-0.39, 0.29) is 11.1 Å². The lowest BCUT2D eigenvalue weighted by molar-refractivity contribution is 0.166. The molecule has 1 fully saturated rings. The first-order valence-electron chi connectivity index (χ1n) is 5.90. The molecule has 2 unspecified atom stereocenters. The van der Waals surface area contributed by atoms with E-state index in [1.165, 1.54) is 18.9 Å². The smallest absolute Gasteiger partial charge is 0.141 e. The molecule has 17 heavy (non-hydrogen) atoms. The van der Waals surface area contributed by atoms with Crippen LogP contribution in [-0.4, -0.2) is 22.2 Å². The molecule has 4 heteroatoms. The van der Waals surface area contributed by atoms with E-state index in [9.17, 15) is 9.50 Å². The van der Waals surface area contributed by atoms with E-state index in [1.807, 2.05) is 11.8 Å². The Morgan fingerprint density at radius 1 is 1.47 bits per heavy atom. The Labute approximate surface area is 110 Å². The van der Waals surface area contributed by atoms with Gasteiger partial charge in [0, 0.05) is 5.25 Å². The zero-order valence-electron chi connectivity index (χ0n) is 9.53. The third-order valence-corrected chi connectivity index (χ3v) is 4.86. The molecular formula is C13H16ClFOS. The molecule has 0 bridgehead atoms. The molecule has 0 saturated carbocycles. The largest absolute Gasteiger partial charge is 0.392 e. The number of rotatable bonds is 3. The van der Waals surface area contributed by atoms with E-state index in [1.54, 1.807) is 12.1 Å². The average Bonchev–Trinajstić information content (AvgIpc) is 2.35. The highest BCUT2D eigenvalue weighted by molar-refractivity contribution is 8.00. The highest BCUT2D eigenvalue weighted by atomic mass is 35.5. The lowest BCUT2D eigenvalue weighted by Crippen LogP contribution is -2.27. The van der Waals surface area contributed by atoms with Crippen LogP contribution in [0.5, 0.6) is 0 Å². The topological polar surface area (TPSA) is 20.2 Å². The zero-order valence-corrected chi connectivity index (χ0v) is 11.1. The lowest BCUT2D eigenvalue weighted by atomic mass is 10.0. The van der Waals surface area contributed by atoms with Gasteiger partial charge in [0.2, 0.25) is 0 Å². The van der Waals surface area contributed by atoms with Crippen LogP contribution >= 0.6 is 23.4 Å². The van der Waals surface area contributed by atoms with Crippen LogP contribution in [0.1, 0.15) is 24.8 Å². The molecule has 1 saturated heterocycles. The second-order valence-corrected chi connectivity index (χ2v) is 6.18. The number of hydrogen-bond donors (Lipinski definition) is 1. The lowest BCUT2D eigenvalue weighted by Gasteiger charge is -2.26. The Kier molecular flexibility index (Phi) is 4.71. The van der Waals surface area contributed by atoms with Crippen LogP contribution in [-0.2, 0) is 6.42 Å². The summed E-state index contributed by atoms with van der Waals surface area (Å²) >= 11 is 7.56. The molecule has 0 aromatic heterocycles. The molecule has 2 atom stereocenters.